The van der Waals surface area contributed by atoms with Crippen LogP contribution in [0.25, 0.3) is 10.9 Å². The molecule has 0 aliphatic heterocycles. The molecule has 0 amide bonds. The average Bonchev–Trinajstić information content (AvgIpc) is 2.49. The lowest BCUT2D eigenvalue weighted by Gasteiger charge is -2.02. The van der Waals surface area contributed by atoms with E-state index in [0.29, 0.717) is 0 Å². The monoisotopic (exact) mass is 299 g/mol. The molecule has 21 heavy (non-hydrogen) atoms. The molecule has 0 spiro atoms. The van der Waals surface area contributed by atoms with Crippen LogP contribution in [0.3, 0.4) is 0 Å². The maximum Gasteiger partial charge on any atom is 0.0705 e. The summed E-state index contributed by atoms with van der Waals surface area (Å²) in [7, 11) is 0. The Morgan fingerprint density at radius 3 is 2.81 bits per heavy atom. The van der Waals surface area contributed by atoms with Gasteiger partial charge in [0.25, 0.3) is 0 Å². The second-order valence-electron chi connectivity index (χ2n) is 5.79. The van der Waals surface area contributed by atoms with E-state index in [2.05, 4.69) is 62.4 Å². The molecule has 1 nitrogen and oxygen atoms in total. The standard InChI is InChI=1S/C19H25NS/c1-16(2)15-21-14-8-4-3-5-10-18-13-12-17-9-6-7-11-19(17)20-18/h4,6-9,11-13,16H,3,5,10,14-15H2,1-2H3/b8-4+. The number of unbranched alkanes of at least 4 members (excludes halogenated alkanes) is 1. The molecular formula is C19H25NS. The first kappa shape index (κ1) is 16.1. The van der Waals surface area contributed by atoms with Crippen molar-refractivity contribution in [3.63, 3.8) is 0 Å². The fraction of sp³-hybridized carbons (Fsp3) is 0.421. The van der Waals surface area contributed by atoms with Gasteiger partial charge < -0.3 is 0 Å². The number of hydrogen-bond donors (Lipinski definition) is 0. The quantitative estimate of drug-likeness (QED) is 0.471. The Balaban J connectivity index is 1.69. The minimum absolute atomic E-state index is 0.794. The van der Waals surface area contributed by atoms with Gasteiger partial charge in [-0.25, -0.2) is 0 Å². The maximum atomic E-state index is 4.71. The third kappa shape index (κ3) is 5.92. The summed E-state index contributed by atoms with van der Waals surface area (Å²) in [5.74, 6) is 3.19. The van der Waals surface area contributed by atoms with Gasteiger partial charge in [0.05, 0.1) is 5.52 Å². The van der Waals surface area contributed by atoms with Gasteiger partial charge in [0.2, 0.25) is 0 Å². The molecule has 0 atom stereocenters. The Hall–Kier alpha value is -1.28. The molecule has 1 heterocycles. The first-order valence-corrected chi connectivity index (χ1v) is 8.98. The van der Waals surface area contributed by atoms with Crippen LogP contribution in [0.2, 0.25) is 0 Å². The van der Waals surface area contributed by atoms with Crippen LogP contribution in [0.1, 0.15) is 32.4 Å². The summed E-state index contributed by atoms with van der Waals surface area (Å²) in [5.41, 5.74) is 2.31. The predicted molar refractivity (Wildman–Crippen MR) is 96.0 cm³/mol. The number of benzene rings is 1. The fourth-order valence-electron chi connectivity index (χ4n) is 2.21. The number of pyridine rings is 1. The van der Waals surface area contributed by atoms with Crippen LogP contribution >= 0.6 is 11.8 Å². The lowest BCUT2D eigenvalue weighted by atomic mass is 10.1. The molecule has 1 aromatic carbocycles. The highest BCUT2D eigenvalue weighted by Crippen LogP contribution is 2.13. The number of aryl methyl sites for hydroxylation is 1. The number of thioether (sulfide) groups is 1. The van der Waals surface area contributed by atoms with Crippen molar-refractivity contribution in [2.45, 2.75) is 33.1 Å². The van der Waals surface area contributed by atoms with Crippen LogP contribution in [0, 0.1) is 5.92 Å². The number of allylic oxidation sites excluding steroid dienone is 1. The van der Waals surface area contributed by atoms with Crippen LogP contribution in [0.4, 0.5) is 0 Å². The number of aromatic nitrogens is 1. The second kappa shape index (κ2) is 8.89. The molecular weight excluding hydrogens is 274 g/mol. The van der Waals surface area contributed by atoms with E-state index in [9.17, 15) is 0 Å². The molecule has 0 unspecified atom stereocenters. The van der Waals surface area contributed by atoms with E-state index in [-0.39, 0.29) is 0 Å². The predicted octanol–water partition coefficient (Wildman–Crippen LogP) is 5.50. The molecule has 2 rings (SSSR count). The molecule has 0 fully saturated rings. The highest BCUT2D eigenvalue weighted by Gasteiger charge is 1.97. The van der Waals surface area contributed by atoms with Crippen molar-refractivity contribution in [3.8, 4) is 0 Å². The Kier molecular flexibility index (Phi) is 6.81. The van der Waals surface area contributed by atoms with E-state index in [1.54, 1.807) is 0 Å². The number of rotatable bonds is 8. The second-order valence-corrected chi connectivity index (χ2v) is 6.87. The van der Waals surface area contributed by atoms with E-state index in [1.807, 2.05) is 11.8 Å². The molecule has 0 saturated carbocycles. The Labute approximate surface area is 132 Å². The molecule has 0 N–H and O–H groups in total. The fourth-order valence-corrected chi connectivity index (χ4v) is 3.09. The van der Waals surface area contributed by atoms with Crippen LogP contribution in [-0.4, -0.2) is 16.5 Å². The van der Waals surface area contributed by atoms with Crippen molar-refractivity contribution in [3.05, 3.63) is 54.2 Å². The summed E-state index contributed by atoms with van der Waals surface area (Å²) in [6.07, 6.45) is 8.01. The van der Waals surface area contributed by atoms with Crippen molar-refractivity contribution in [1.29, 1.82) is 0 Å². The van der Waals surface area contributed by atoms with Gasteiger partial charge in [-0.15, -0.1) is 0 Å². The Morgan fingerprint density at radius 2 is 1.95 bits per heavy atom. The van der Waals surface area contributed by atoms with Gasteiger partial charge in [-0.05, 0) is 43.1 Å². The lowest BCUT2D eigenvalue weighted by Crippen LogP contribution is -1.91. The summed E-state index contributed by atoms with van der Waals surface area (Å²) in [6.45, 7) is 4.54. The zero-order valence-electron chi connectivity index (χ0n) is 13.1. The zero-order valence-corrected chi connectivity index (χ0v) is 13.9. The molecule has 0 saturated heterocycles. The summed E-state index contributed by atoms with van der Waals surface area (Å²) in [5, 5.41) is 1.23. The highest BCUT2D eigenvalue weighted by molar-refractivity contribution is 7.99. The third-order valence-corrected chi connectivity index (χ3v) is 4.62. The number of fused-ring (bicyclic) bond motifs is 1. The summed E-state index contributed by atoms with van der Waals surface area (Å²) in [4.78, 5) is 4.71. The number of hydrogen-bond acceptors (Lipinski definition) is 2. The maximum absolute atomic E-state index is 4.71. The first-order valence-electron chi connectivity index (χ1n) is 7.83. The van der Waals surface area contributed by atoms with Gasteiger partial charge in [0, 0.05) is 16.8 Å². The van der Waals surface area contributed by atoms with E-state index >= 15 is 0 Å². The van der Waals surface area contributed by atoms with Crippen LogP contribution in [0.15, 0.2) is 48.6 Å². The number of para-hydroxylation sites is 1. The molecule has 112 valence electrons. The summed E-state index contributed by atoms with van der Waals surface area (Å²) >= 11 is 2.02. The topological polar surface area (TPSA) is 12.9 Å². The molecule has 2 aromatic rings. The van der Waals surface area contributed by atoms with Crippen molar-refractivity contribution >= 4 is 22.7 Å². The van der Waals surface area contributed by atoms with E-state index in [0.717, 1.165) is 30.0 Å². The summed E-state index contributed by atoms with van der Waals surface area (Å²) < 4.78 is 0. The number of nitrogens with zero attached hydrogens (tertiary/aromatic N) is 1. The van der Waals surface area contributed by atoms with Crippen LogP contribution in [0.5, 0.6) is 0 Å². The molecule has 0 radical (unpaired) electrons. The van der Waals surface area contributed by atoms with Crippen LogP contribution in [-0.2, 0) is 6.42 Å². The molecule has 2 heteroatoms. The molecule has 0 bridgehead atoms. The van der Waals surface area contributed by atoms with Gasteiger partial charge in [0.15, 0.2) is 0 Å². The van der Waals surface area contributed by atoms with Gasteiger partial charge >= 0.3 is 0 Å². The van der Waals surface area contributed by atoms with Crippen molar-refractivity contribution in [2.75, 3.05) is 11.5 Å². The Bertz CT molecular complexity index is 575. The lowest BCUT2D eigenvalue weighted by molar-refractivity contribution is 0.751. The van der Waals surface area contributed by atoms with Crippen molar-refractivity contribution in [1.82, 2.24) is 4.98 Å². The van der Waals surface area contributed by atoms with Crippen LogP contribution < -0.4 is 0 Å². The zero-order chi connectivity index (χ0) is 14.9. The van der Waals surface area contributed by atoms with E-state index < -0.39 is 0 Å². The highest BCUT2D eigenvalue weighted by atomic mass is 32.2. The minimum atomic E-state index is 0.794. The average molecular weight is 299 g/mol. The smallest absolute Gasteiger partial charge is 0.0705 e. The molecule has 1 aromatic heterocycles. The van der Waals surface area contributed by atoms with Gasteiger partial charge in [0.1, 0.15) is 0 Å². The normalized spacial score (nSPS) is 11.8. The van der Waals surface area contributed by atoms with Crippen molar-refractivity contribution in [2.24, 2.45) is 5.92 Å². The van der Waals surface area contributed by atoms with Gasteiger partial charge in [-0.1, -0.05) is 50.3 Å². The molecule has 0 aliphatic carbocycles. The first-order chi connectivity index (χ1) is 10.3. The molecule has 0 aliphatic rings. The van der Waals surface area contributed by atoms with E-state index in [1.165, 1.54) is 23.3 Å². The van der Waals surface area contributed by atoms with Gasteiger partial charge in [-0.3, -0.25) is 4.98 Å². The summed E-state index contributed by atoms with van der Waals surface area (Å²) in [6, 6.07) is 12.7. The van der Waals surface area contributed by atoms with E-state index in [4.69, 9.17) is 4.98 Å². The largest absolute Gasteiger partial charge is 0.253 e. The van der Waals surface area contributed by atoms with Crippen molar-refractivity contribution < 1.29 is 0 Å². The minimum Gasteiger partial charge on any atom is -0.253 e. The SMILES string of the molecule is CC(C)CSC/C=C/CCCc1ccc2ccccc2n1. The Morgan fingerprint density at radius 1 is 1.10 bits per heavy atom. The third-order valence-electron chi connectivity index (χ3n) is 3.29. The van der Waals surface area contributed by atoms with Gasteiger partial charge in [-0.2, -0.15) is 11.8 Å².